The second-order valence-corrected chi connectivity index (χ2v) is 5.51. The molecular formula is C10H17N3S. The maximum absolute atomic E-state index is 6.36. The SMILES string of the molecule is Cc1nc(C2(N)CCN(C)C2)sc1C. The van der Waals surface area contributed by atoms with E-state index in [0.717, 1.165) is 30.2 Å². The summed E-state index contributed by atoms with van der Waals surface area (Å²) in [5.74, 6) is 0. The number of rotatable bonds is 1. The fourth-order valence-corrected chi connectivity index (χ4v) is 2.93. The van der Waals surface area contributed by atoms with E-state index in [-0.39, 0.29) is 5.54 Å². The van der Waals surface area contributed by atoms with Crippen LogP contribution in [0, 0.1) is 13.8 Å². The number of aromatic nitrogens is 1. The van der Waals surface area contributed by atoms with Gasteiger partial charge < -0.3 is 10.6 Å². The zero-order chi connectivity index (χ0) is 10.3. The van der Waals surface area contributed by atoms with Crippen LogP contribution in [0.25, 0.3) is 0 Å². The Morgan fingerprint density at radius 1 is 1.50 bits per heavy atom. The third-order valence-corrected chi connectivity index (χ3v) is 4.24. The molecule has 2 rings (SSSR count). The van der Waals surface area contributed by atoms with Gasteiger partial charge in [0.15, 0.2) is 0 Å². The Kier molecular flexibility index (Phi) is 2.37. The number of likely N-dealkylation sites (tertiary alicyclic amines) is 1. The molecule has 1 saturated heterocycles. The number of thiazole rings is 1. The fourth-order valence-electron chi connectivity index (χ4n) is 1.89. The summed E-state index contributed by atoms with van der Waals surface area (Å²) in [5.41, 5.74) is 7.29. The molecule has 1 atom stereocenters. The molecule has 0 aliphatic carbocycles. The Morgan fingerprint density at radius 3 is 2.64 bits per heavy atom. The van der Waals surface area contributed by atoms with Crippen LogP contribution >= 0.6 is 11.3 Å². The van der Waals surface area contributed by atoms with Crippen molar-refractivity contribution in [2.75, 3.05) is 20.1 Å². The van der Waals surface area contributed by atoms with Crippen LogP contribution in [0.1, 0.15) is 22.0 Å². The minimum atomic E-state index is -0.196. The molecule has 0 radical (unpaired) electrons. The molecule has 78 valence electrons. The van der Waals surface area contributed by atoms with Crippen molar-refractivity contribution in [1.29, 1.82) is 0 Å². The fraction of sp³-hybridized carbons (Fsp3) is 0.700. The first-order valence-electron chi connectivity index (χ1n) is 4.93. The van der Waals surface area contributed by atoms with Crippen molar-refractivity contribution < 1.29 is 0 Å². The quantitative estimate of drug-likeness (QED) is 0.760. The highest BCUT2D eigenvalue weighted by Gasteiger charge is 2.37. The Hall–Kier alpha value is -0.450. The average molecular weight is 211 g/mol. The van der Waals surface area contributed by atoms with E-state index < -0.39 is 0 Å². The molecule has 2 heterocycles. The molecule has 1 unspecified atom stereocenters. The number of hydrogen-bond donors (Lipinski definition) is 1. The molecule has 1 aliphatic rings. The van der Waals surface area contributed by atoms with Crippen molar-refractivity contribution in [2.24, 2.45) is 5.73 Å². The van der Waals surface area contributed by atoms with Crippen LogP contribution in [0.3, 0.4) is 0 Å². The van der Waals surface area contributed by atoms with E-state index in [2.05, 4.69) is 30.8 Å². The summed E-state index contributed by atoms with van der Waals surface area (Å²) in [4.78, 5) is 8.13. The Balaban J connectivity index is 2.30. The zero-order valence-corrected chi connectivity index (χ0v) is 9.82. The van der Waals surface area contributed by atoms with Gasteiger partial charge in [0.25, 0.3) is 0 Å². The van der Waals surface area contributed by atoms with Crippen LogP contribution < -0.4 is 5.73 Å². The lowest BCUT2D eigenvalue weighted by Crippen LogP contribution is -2.38. The Labute approximate surface area is 88.9 Å². The smallest absolute Gasteiger partial charge is 0.114 e. The molecule has 3 nitrogen and oxygen atoms in total. The molecule has 2 N–H and O–H groups in total. The molecule has 0 aromatic carbocycles. The minimum absolute atomic E-state index is 0.196. The average Bonchev–Trinajstić information content (AvgIpc) is 2.60. The molecule has 0 spiro atoms. The normalized spacial score (nSPS) is 28.6. The first-order chi connectivity index (χ1) is 6.51. The van der Waals surface area contributed by atoms with Crippen molar-refractivity contribution in [3.05, 3.63) is 15.6 Å². The summed E-state index contributed by atoms with van der Waals surface area (Å²) in [5, 5.41) is 1.11. The number of likely N-dealkylation sites (N-methyl/N-ethyl adjacent to an activating group) is 1. The largest absolute Gasteiger partial charge is 0.318 e. The van der Waals surface area contributed by atoms with Crippen LogP contribution in [-0.4, -0.2) is 30.0 Å². The molecule has 4 heteroatoms. The van der Waals surface area contributed by atoms with Crippen LogP contribution in [-0.2, 0) is 5.54 Å². The lowest BCUT2D eigenvalue weighted by molar-refractivity contribution is 0.372. The maximum atomic E-state index is 6.36. The van der Waals surface area contributed by atoms with Gasteiger partial charge in [-0.15, -0.1) is 11.3 Å². The van der Waals surface area contributed by atoms with E-state index in [1.807, 2.05) is 0 Å². The maximum Gasteiger partial charge on any atom is 0.114 e. The lowest BCUT2D eigenvalue weighted by atomic mass is 10.0. The van der Waals surface area contributed by atoms with Gasteiger partial charge in [0, 0.05) is 18.0 Å². The van der Waals surface area contributed by atoms with Gasteiger partial charge in [-0.1, -0.05) is 0 Å². The zero-order valence-electron chi connectivity index (χ0n) is 9.00. The molecule has 0 amide bonds. The monoisotopic (exact) mass is 211 g/mol. The van der Waals surface area contributed by atoms with E-state index >= 15 is 0 Å². The molecule has 0 saturated carbocycles. The van der Waals surface area contributed by atoms with Gasteiger partial charge in [-0.05, 0) is 27.3 Å². The van der Waals surface area contributed by atoms with Crippen molar-refractivity contribution in [3.63, 3.8) is 0 Å². The molecule has 0 bridgehead atoms. The first kappa shape index (κ1) is 10.1. The molecule has 14 heavy (non-hydrogen) atoms. The van der Waals surface area contributed by atoms with Crippen molar-refractivity contribution in [2.45, 2.75) is 25.8 Å². The highest BCUT2D eigenvalue weighted by Crippen LogP contribution is 2.32. The predicted octanol–water partition coefficient (Wildman–Crippen LogP) is 1.25. The summed E-state index contributed by atoms with van der Waals surface area (Å²) in [6.07, 6.45) is 1.02. The highest BCUT2D eigenvalue weighted by molar-refractivity contribution is 7.11. The second-order valence-electron chi connectivity index (χ2n) is 4.30. The molecular weight excluding hydrogens is 194 g/mol. The van der Waals surface area contributed by atoms with Gasteiger partial charge in [0.2, 0.25) is 0 Å². The summed E-state index contributed by atoms with van der Waals surface area (Å²) < 4.78 is 0. The molecule has 1 aromatic heterocycles. The van der Waals surface area contributed by atoms with Crippen molar-refractivity contribution in [3.8, 4) is 0 Å². The molecule has 1 fully saturated rings. The second kappa shape index (κ2) is 3.29. The third kappa shape index (κ3) is 1.58. The highest BCUT2D eigenvalue weighted by atomic mass is 32.1. The lowest BCUT2D eigenvalue weighted by Gasteiger charge is -2.20. The van der Waals surface area contributed by atoms with Gasteiger partial charge >= 0.3 is 0 Å². The number of nitrogens with two attached hydrogens (primary N) is 1. The summed E-state index contributed by atoms with van der Waals surface area (Å²) in [6, 6.07) is 0. The van der Waals surface area contributed by atoms with Gasteiger partial charge in [-0.25, -0.2) is 4.98 Å². The van der Waals surface area contributed by atoms with E-state index in [4.69, 9.17) is 5.73 Å². The summed E-state index contributed by atoms with van der Waals surface area (Å²) in [7, 11) is 2.11. The predicted molar refractivity (Wildman–Crippen MR) is 59.6 cm³/mol. The van der Waals surface area contributed by atoms with E-state index in [1.54, 1.807) is 11.3 Å². The van der Waals surface area contributed by atoms with Crippen LogP contribution in [0.15, 0.2) is 0 Å². The summed E-state index contributed by atoms with van der Waals surface area (Å²) in [6.45, 7) is 6.17. The summed E-state index contributed by atoms with van der Waals surface area (Å²) >= 11 is 1.75. The van der Waals surface area contributed by atoms with E-state index in [1.165, 1.54) is 4.88 Å². The van der Waals surface area contributed by atoms with E-state index in [9.17, 15) is 0 Å². The van der Waals surface area contributed by atoms with E-state index in [0.29, 0.717) is 0 Å². The van der Waals surface area contributed by atoms with Gasteiger partial charge in [0.1, 0.15) is 5.01 Å². The van der Waals surface area contributed by atoms with Crippen molar-refractivity contribution in [1.82, 2.24) is 9.88 Å². The Bertz CT molecular complexity index is 328. The number of aryl methyl sites for hydroxylation is 2. The molecule has 1 aliphatic heterocycles. The van der Waals surface area contributed by atoms with Crippen LogP contribution in [0.2, 0.25) is 0 Å². The molecule has 1 aromatic rings. The topological polar surface area (TPSA) is 42.1 Å². The van der Waals surface area contributed by atoms with Gasteiger partial charge in [-0.2, -0.15) is 0 Å². The minimum Gasteiger partial charge on any atom is -0.318 e. The van der Waals surface area contributed by atoms with Crippen molar-refractivity contribution >= 4 is 11.3 Å². The Morgan fingerprint density at radius 2 is 2.21 bits per heavy atom. The first-order valence-corrected chi connectivity index (χ1v) is 5.75. The van der Waals surface area contributed by atoms with Crippen LogP contribution in [0.5, 0.6) is 0 Å². The van der Waals surface area contributed by atoms with Gasteiger partial charge in [-0.3, -0.25) is 0 Å². The third-order valence-electron chi connectivity index (χ3n) is 2.95. The number of hydrogen-bond acceptors (Lipinski definition) is 4. The number of nitrogens with zero attached hydrogens (tertiary/aromatic N) is 2. The van der Waals surface area contributed by atoms with Crippen LogP contribution in [0.4, 0.5) is 0 Å². The van der Waals surface area contributed by atoms with Gasteiger partial charge in [0.05, 0.1) is 11.2 Å². The standard InChI is InChI=1S/C10H17N3S/c1-7-8(2)14-9(12-7)10(11)4-5-13(3)6-10/h4-6,11H2,1-3H3.